The molecular formula is C20H14N2O11. The Labute approximate surface area is 184 Å². The third-order valence-electron chi connectivity index (χ3n) is 4.45. The highest BCUT2D eigenvalue weighted by Crippen LogP contribution is 2.20. The average Bonchev–Trinajstić information content (AvgIpc) is 3.01. The Kier molecular flexibility index (Phi) is 6.71. The van der Waals surface area contributed by atoms with Crippen LogP contribution in [0, 0.1) is 20.2 Å². The van der Waals surface area contributed by atoms with Gasteiger partial charge in [-0.05, 0) is 11.1 Å². The Morgan fingerprint density at radius 3 is 1.36 bits per heavy atom. The Balaban J connectivity index is 1.61. The predicted octanol–water partition coefficient (Wildman–Crippen LogP) is 1.20. The van der Waals surface area contributed by atoms with Gasteiger partial charge in [0.2, 0.25) is 12.2 Å². The van der Waals surface area contributed by atoms with Crippen molar-refractivity contribution >= 4 is 35.3 Å². The zero-order valence-electron chi connectivity index (χ0n) is 16.6. The molecule has 1 saturated heterocycles. The van der Waals surface area contributed by atoms with E-state index >= 15 is 0 Å². The van der Waals surface area contributed by atoms with Crippen molar-refractivity contribution in [2.45, 2.75) is 25.0 Å². The lowest BCUT2D eigenvalue weighted by Gasteiger charge is -2.15. The minimum atomic E-state index is -1.82. The van der Waals surface area contributed by atoms with Gasteiger partial charge in [0.1, 0.15) is 0 Å². The van der Waals surface area contributed by atoms with Gasteiger partial charge in [-0.25, -0.2) is 9.59 Å². The van der Waals surface area contributed by atoms with Crippen molar-refractivity contribution in [3.05, 3.63) is 79.9 Å². The van der Waals surface area contributed by atoms with E-state index in [1.165, 1.54) is 48.5 Å². The molecule has 0 amide bonds. The van der Waals surface area contributed by atoms with Crippen molar-refractivity contribution in [2.75, 3.05) is 0 Å². The Morgan fingerprint density at radius 1 is 0.727 bits per heavy atom. The molecule has 0 aliphatic carbocycles. The van der Waals surface area contributed by atoms with Crippen LogP contribution in [0.1, 0.15) is 11.1 Å². The third-order valence-corrected chi connectivity index (χ3v) is 4.45. The van der Waals surface area contributed by atoms with Crippen LogP contribution < -0.4 is 0 Å². The topological polar surface area (TPSA) is 182 Å². The van der Waals surface area contributed by atoms with Gasteiger partial charge in [-0.1, -0.05) is 24.3 Å². The summed E-state index contributed by atoms with van der Waals surface area (Å²) in [4.78, 5) is 68.3. The van der Waals surface area contributed by atoms with Gasteiger partial charge in [-0.3, -0.25) is 29.8 Å². The number of non-ortho nitro benzene ring substituents is 2. The molecule has 0 unspecified atom stereocenters. The van der Waals surface area contributed by atoms with Gasteiger partial charge >= 0.3 is 23.9 Å². The first-order valence-electron chi connectivity index (χ1n) is 9.25. The molecule has 0 spiro atoms. The fourth-order valence-electron chi connectivity index (χ4n) is 2.85. The minimum absolute atomic E-state index is 0.183. The summed E-state index contributed by atoms with van der Waals surface area (Å²) in [7, 11) is 0. The maximum absolute atomic E-state index is 12.2. The second kappa shape index (κ2) is 9.64. The van der Waals surface area contributed by atoms with Crippen LogP contribution in [0.3, 0.4) is 0 Å². The molecule has 1 aliphatic rings. The molecule has 0 bridgehead atoms. The highest BCUT2D eigenvalue weighted by Gasteiger charge is 2.50. The molecule has 0 radical (unpaired) electrons. The summed E-state index contributed by atoms with van der Waals surface area (Å²) in [5.41, 5.74) is 0.319. The molecule has 0 N–H and O–H groups in total. The summed E-state index contributed by atoms with van der Waals surface area (Å²) in [5.74, 6) is -4.36. The number of ether oxygens (including phenoxy) is 3. The van der Waals surface area contributed by atoms with Crippen LogP contribution in [-0.2, 0) is 46.2 Å². The van der Waals surface area contributed by atoms with Gasteiger partial charge < -0.3 is 14.2 Å². The minimum Gasteiger partial charge on any atom is -0.445 e. The third kappa shape index (κ3) is 5.72. The lowest BCUT2D eigenvalue weighted by Crippen LogP contribution is -2.38. The zero-order chi connectivity index (χ0) is 24.1. The van der Waals surface area contributed by atoms with Gasteiger partial charge in [-0.2, -0.15) is 0 Å². The van der Waals surface area contributed by atoms with Crippen LogP contribution in [-0.4, -0.2) is 45.9 Å². The quantitative estimate of drug-likeness (QED) is 0.182. The molecule has 1 heterocycles. The summed E-state index contributed by atoms with van der Waals surface area (Å²) in [5, 5.41) is 21.4. The van der Waals surface area contributed by atoms with Gasteiger partial charge in [0, 0.05) is 24.3 Å². The van der Waals surface area contributed by atoms with E-state index in [0.29, 0.717) is 11.1 Å². The smallest absolute Gasteiger partial charge is 0.359 e. The van der Waals surface area contributed by atoms with E-state index in [4.69, 9.17) is 9.47 Å². The van der Waals surface area contributed by atoms with Crippen LogP contribution >= 0.6 is 0 Å². The van der Waals surface area contributed by atoms with Gasteiger partial charge in [0.15, 0.2) is 0 Å². The monoisotopic (exact) mass is 458 g/mol. The van der Waals surface area contributed by atoms with Gasteiger partial charge in [-0.15, -0.1) is 0 Å². The second-order valence-corrected chi connectivity index (χ2v) is 6.76. The van der Waals surface area contributed by atoms with E-state index in [-0.39, 0.29) is 24.2 Å². The van der Waals surface area contributed by atoms with Crippen molar-refractivity contribution < 1.29 is 43.2 Å². The Morgan fingerprint density at radius 2 is 1.06 bits per heavy atom. The van der Waals surface area contributed by atoms with E-state index in [1.807, 2.05) is 0 Å². The standard InChI is InChI=1S/C20H14N2O11/c23-15(9-11-1-5-13(6-2-11)21(27)28)31-17-18(20(26)33-19(17)25)32-16(24)10-12-3-7-14(8-4-12)22(29)30/h1-8,17-18H,9-10H2/t17-,18-/m1/s1. The zero-order valence-corrected chi connectivity index (χ0v) is 16.6. The number of rotatable bonds is 8. The van der Waals surface area contributed by atoms with E-state index in [9.17, 15) is 39.4 Å². The predicted molar refractivity (Wildman–Crippen MR) is 104 cm³/mol. The summed E-state index contributed by atoms with van der Waals surface area (Å²) in [6.07, 6.45) is -4.38. The van der Waals surface area contributed by atoms with Crippen molar-refractivity contribution in [1.29, 1.82) is 0 Å². The Bertz CT molecular complexity index is 1040. The average molecular weight is 458 g/mol. The number of benzene rings is 2. The van der Waals surface area contributed by atoms with Crippen LogP contribution in [0.5, 0.6) is 0 Å². The Hall–Kier alpha value is -4.68. The summed E-state index contributed by atoms with van der Waals surface area (Å²) >= 11 is 0. The maximum atomic E-state index is 12.2. The number of hydrogen-bond acceptors (Lipinski definition) is 11. The first-order valence-corrected chi connectivity index (χ1v) is 9.25. The van der Waals surface area contributed by atoms with E-state index in [2.05, 4.69) is 4.74 Å². The van der Waals surface area contributed by atoms with E-state index in [0.717, 1.165) is 0 Å². The molecular weight excluding hydrogens is 444 g/mol. The maximum Gasteiger partial charge on any atom is 0.359 e. The number of carbonyl (C=O) groups is 4. The second-order valence-electron chi connectivity index (χ2n) is 6.76. The number of nitrogens with zero attached hydrogens (tertiary/aromatic N) is 2. The molecule has 1 fully saturated rings. The lowest BCUT2D eigenvalue weighted by molar-refractivity contribution is -0.385. The first-order chi connectivity index (χ1) is 15.6. The van der Waals surface area contributed by atoms with Crippen molar-refractivity contribution in [3.63, 3.8) is 0 Å². The first kappa shape index (κ1) is 23.0. The highest BCUT2D eigenvalue weighted by atomic mass is 16.7. The number of carbonyl (C=O) groups excluding carboxylic acids is 4. The van der Waals surface area contributed by atoms with Crippen LogP contribution in [0.2, 0.25) is 0 Å². The largest absolute Gasteiger partial charge is 0.445 e. The van der Waals surface area contributed by atoms with E-state index in [1.54, 1.807) is 0 Å². The van der Waals surface area contributed by atoms with Crippen molar-refractivity contribution in [1.82, 2.24) is 0 Å². The molecule has 2 aromatic carbocycles. The van der Waals surface area contributed by atoms with E-state index < -0.39 is 45.9 Å². The molecule has 13 heteroatoms. The van der Waals surface area contributed by atoms with Crippen LogP contribution in [0.15, 0.2) is 48.5 Å². The number of nitro benzene ring substituents is 2. The summed E-state index contributed by atoms with van der Waals surface area (Å²) in [6.45, 7) is 0. The molecule has 0 saturated carbocycles. The highest BCUT2D eigenvalue weighted by molar-refractivity contribution is 6.01. The van der Waals surface area contributed by atoms with Gasteiger partial charge in [0.05, 0.1) is 22.7 Å². The fraction of sp³-hybridized carbons (Fsp3) is 0.200. The lowest BCUT2D eigenvalue weighted by atomic mass is 10.1. The summed E-state index contributed by atoms with van der Waals surface area (Å²) in [6, 6.07) is 9.99. The molecule has 1 aliphatic heterocycles. The molecule has 13 nitrogen and oxygen atoms in total. The number of hydrogen-bond donors (Lipinski definition) is 0. The molecule has 2 aromatic rings. The molecule has 170 valence electrons. The SMILES string of the molecule is O=C(Cc1ccc([N+](=O)[O-])cc1)O[C@H]1C(=O)OC(=O)[C@@H]1OC(=O)Cc1ccc([N+](=O)[O-])cc1. The normalized spacial score (nSPS) is 17.2. The molecule has 3 rings (SSSR count). The number of cyclic esters (lactones) is 2. The van der Waals surface area contributed by atoms with Crippen molar-refractivity contribution in [3.8, 4) is 0 Å². The molecule has 33 heavy (non-hydrogen) atoms. The van der Waals surface area contributed by atoms with Crippen LogP contribution in [0.4, 0.5) is 11.4 Å². The molecule has 2 atom stereocenters. The number of nitro groups is 2. The fourth-order valence-corrected chi connectivity index (χ4v) is 2.85. The molecule has 0 aromatic heterocycles. The van der Waals surface area contributed by atoms with Crippen molar-refractivity contribution in [2.24, 2.45) is 0 Å². The van der Waals surface area contributed by atoms with Gasteiger partial charge in [0.25, 0.3) is 11.4 Å². The van der Waals surface area contributed by atoms with Crippen LogP contribution in [0.25, 0.3) is 0 Å². The number of esters is 4. The summed E-state index contributed by atoms with van der Waals surface area (Å²) < 4.78 is 14.3.